The van der Waals surface area contributed by atoms with Crippen LogP contribution in [0.15, 0.2) is 59.4 Å². The second-order valence-corrected chi connectivity index (χ2v) is 5.66. The molecule has 7 nitrogen and oxygen atoms in total. The van der Waals surface area contributed by atoms with Crippen LogP contribution in [0.1, 0.15) is 5.69 Å². The molecule has 0 aliphatic heterocycles. The molecule has 4 aromatic rings. The molecule has 142 valence electrons. The van der Waals surface area contributed by atoms with Crippen LogP contribution in [-0.2, 0) is 6.18 Å². The van der Waals surface area contributed by atoms with E-state index in [0.29, 0.717) is 16.0 Å². The number of methoxy groups -OCH3 is 1. The average Bonchev–Trinajstić information content (AvgIpc) is 3.35. The van der Waals surface area contributed by atoms with Crippen LogP contribution in [-0.4, -0.2) is 32.0 Å². The minimum Gasteiger partial charge on any atom is -0.497 e. The highest BCUT2D eigenvalue weighted by atomic mass is 19.4. The van der Waals surface area contributed by atoms with Gasteiger partial charge in [0.15, 0.2) is 11.5 Å². The molecule has 0 radical (unpaired) electrons. The number of pyridine rings is 1. The monoisotopic (exact) mass is 387 g/mol. The van der Waals surface area contributed by atoms with Crippen LogP contribution in [0.3, 0.4) is 0 Å². The Morgan fingerprint density at radius 1 is 1.07 bits per heavy atom. The molecule has 0 aliphatic rings. The molecule has 0 amide bonds. The zero-order chi connectivity index (χ0) is 19.7. The standard InChI is InChI=1S/C18H12F3N5O2/c1-27-12-7-5-11(6-8-12)16-24-17(28-25-16)13-10-23-26(15(13)18(19,20)21)14-4-2-3-9-22-14/h2-10H,1H3. The molecule has 0 fully saturated rings. The van der Waals surface area contributed by atoms with Gasteiger partial charge in [0.05, 0.1) is 18.9 Å². The van der Waals surface area contributed by atoms with E-state index in [2.05, 4.69) is 20.2 Å². The summed E-state index contributed by atoms with van der Waals surface area (Å²) in [6, 6.07) is 11.3. The fraction of sp³-hybridized carbons (Fsp3) is 0.111. The lowest BCUT2D eigenvalue weighted by molar-refractivity contribution is -0.142. The summed E-state index contributed by atoms with van der Waals surface area (Å²) >= 11 is 0. The van der Waals surface area contributed by atoms with E-state index in [-0.39, 0.29) is 23.1 Å². The SMILES string of the molecule is COc1ccc(-c2noc(-c3cnn(-c4ccccn4)c3C(F)(F)F)n2)cc1. The number of hydrogen-bond acceptors (Lipinski definition) is 6. The minimum absolute atomic E-state index is 0.0240. The summed E-state index contributed by atoms with van der Waals surface area (Å²) < 4.78 is 52.1. The molecule has 0 saturated carbocycles. The molecule has 0 atom stereocenters. The van der Waals surface area contributed by atoms with Gasteiger partial charge in [-0.1, -0.05) is 11.2 Å². The fourth-order valence-electron chi connectivity index (χ4n) is 2.62. The molecule has 0 saturated heterocycles. The third-order valence-corrected chi connectivity index (χ3v) is 3.91. The molecule has 0 N–H and O–H groups in total. The van der Waals surface area contributed by atoms with Crippen molar-refractivity contribution < 1.29 is 22.4 Å². The summed E-state index contributed by atoms with van der Waals surface area (Å²) in [5.41, 5.74) is -0.803. The van der Waals surface area contributed by atoms with Crippen LogP contribution in [0.2, 0.25) is 0 Å². The number of nitrogens with zero attached hydrogens (tertiary/aromatic N) is 5. The van der Waals surface area contributed by atoms with Gasteiger partial charge in [-0.05, 0) is 36.4 Å². The Morgan fingerprint density at radius 2 is 1.86 bits per heavy atom. The molecule has 4 rings (SSSR count). The van der Waals surface area contributed by atoms with Crippen molar-refractivity contribution in [2.45, 2.75) is 6.18 Å². The van der Waals surface area contributed by atoms with E-state index in [9.17, 15) is 13.2 Å². The largest absolute Gasteiger partial charge is 0.497 e. The van der Waals surface area contributed by atoms with Gasteiger partial charge in [-0.3, -0.25) is 0 Å². The van der Waals surface area contributed by atoms with Crippen molar-refractivity contribution in [3.63, 3.8) is 0 Å². The molecule has 1 aromatic carbocycles. The van der Waals surface area contributed by atoms with Gasteiger partial charge in [-0.2, -0.15) is 23.3 Å². The molecule has 0 bridgehead atoms. The van der Waals surface area contributed by atoms with Gasteiger partial charge in [0.1, 0.15) is 5.75 Å². The molecular weight excluding hydrogens is 375 g/mol. The van der Waals surface area contributed by atoms with Crippen molar-refractivity contribution in [2.24, 2.45) is 0 Å². The van der Waals surface area contributed by atoms with E-state index in [1.807, 2.05) is 0 Å². The van der Waals surface area contributed by atoms with Crippen molar-refractivity contribution in [1.82, 2.24) is 24.9 Å². The third kappa shape index (κ3) is 3.20. The zero-order valence-corrected chi connectivity index (χ0v) is 14.4. The molecular formula is C18H12F3N5O2. The number of hydrogen-bond donors (Lipinski definition) is 0. The van der Waals surface area contributed by atoms with Crippen LogP contribution in [0.25, 0.3) is 28.7 Å². The van der Waals surface area contributed by atoms with Gasteiger partial charge in [-0.25, -0.2) is 9.67 Å². The summed E-state index contributed by atoms with van der Waals surface area (Å²) in [6.45, 7) is 0. The van der Waals surface area contributed by atoms with Gasteiger partial charge >= 0.3 is 6.18 Å². The summed E-state index contributed by atoms with van der Waals surface area (Å²) in [7, 11) is 1.53. The highest BCUT2D eigenvalue weighted by Gasteiger charge is 2.40. The molecule has 0 spiro atoms. The van der Waals surface area contributed by atoms with Gasteiger partial charge in [0.2, 0.25) is 5.82 Å². The van der Waals surface area contributed by atoms with E-state index in [4.69, 9.17) is 9.26 Å². The van der Waals surface area contributed by atoms with E-state index in [0.717, 1.165) is 6.20 Å². The first-order valence-corrected chi connectivity index (χ1v) is 8.02. The van der Waals surface area contributed by atoms with Gasteiger partial charge in [0.25, 0.3) is 5.89 Å². The first-order chi connectivity index (χ1) is 13.5. The van der Waals surface area contributed by atoms with Crippen molar-refractivity contribution in [2.75, 3.05) is 7.11 Å². The molecule has 0 aliphatic carbocycles. The second kappa shape index (κ2) is 6.80. The van der Waals surface area contributed by atoms with Crippen molar-refractivity contribution in [1.29, 1.82) is 0 Å². The number of rotatable bonds is 4. The van der Waals surface area contributed by atoms with E-state index in [1.165, 1.54) is 19.4 Å². The van der Waals surface area contributed by atoms with Gasteiger partial charge in [-0.15, -0.1) is 0 Å². The second-order valence-electron chi connectivity index (χ2n) is 5.66. The number of benzene rings is 1. The first-order valence-electron chi connectivity index (χ1n) is 8.02. The summed E-state index contributed by atoms with van der Waals surface area (Å²) in [5.74, 6) is 0.510. The Labute approximate surface area is 156 Å². The van der Waals surface area contributed by atoms with Crippen molar-refractivity contribution >= 4 is 0 Å². The highest BCUT2D eigenvalue weighted by Crippen LogP contribution is 2.38. The molecule has 3 aromatic heterocycles. The van der Waals surface area contributed by atoms with Gasteiger partial charge in [0, 0.05) is 11.8 Å². The maximum Gasteiger partial charge on any atom is 0.434 e. The Morgan fingerprint density at radius 3 is 2.50 bits per heavy atom. The normalized spacial score (nSPS) is 11.6. The summed E-state index contributed by atoms with van der Waals surface area (Å²) in [6.07, 6.45) is -2.30. The number of halogens is 3. The molecule has 10 heteroatoms. The predicted molar refractivity (Wildman–Crippen MR) is 91.6 cm³/mol. The average molecular weight is 387 g/mol. The molecule has 0 unspecified atom stereocenters. The maximum atomic E-state index is 13.7. The van der Waals surface area contributed by atoms with Crippen LogP contribution >= 0.6 is 0 Å². The number of ether oxygens (including phenoxy) is 1. The first kappa shape index (κ1) is 17.7. The lowest BCUT2D eigenvalue weighted by Crippen LogP contribution is -2.15. The molecule has 28 heavy (non-hydrogen) atoms. The Hall–Kier alpha value is -3.69. The van der Waals surface area contributed by atoms with Crippen LogP contribution in [0.4, 0.5) is 13.2 Å². The third-order valence-electron chi connectivity index (χ3n) is 3.91. The highest BCUT2D eigenvalue weighted by molar-refractivity contribution is 5.62. The summed E-state index contributed by atoms with van der Waals surface area (Å²) in [5, 5.41) is 7.60. The Balaban J connectivity index is 1.78. The predicted octanol–water partition coefficient (Wildman–Crippen LogP) is 4.01. The number of alkyl halides is 3. The lowest BCUT2D eigenvalue weighted by Gasteiger charge is -2.10. The van der Waals surface area contributed by atoms with Crippen molar-refractivity contribution in [3.05, 3.63) is 60.6 Å². The van der Waals surface area contributed by atoms with E-state index < -0.39 is 11.9 Å². The van der Waals surface area contributed by atoms with Crippen LogP contribution in [0.5, 0.6) is 5.75 Å². The quantitative estimate of drug-likeness (QED) is 0.526. The zero-order valence-electron chi connectivity index (χ0n) is 14.4. The fourth-order valence-corrected chi connectivity index (χ4v) is 2.62. The Kier molecular flexibility index (Phi) is 4.30. The van der Waals surface area contributed by atoms with E-state index in [1.54, 1.807) is 36.4 Å². The lowest BCUT2D eigenvalue weighted by atomic mass is 10.2. The Bertz CT molecular complexity index is 1090. The molecule has 3 heterocycles. The van der Waals surface area contributed by atoms with Crippen LogP contribution in [0, 0.1) is 0 Å². The number of aromatic nitrogens is 5. The summed E-state index contributed by atoms with van der Waals surface area (Å²) in [4.78, 5) is 8.02. The van der Waals surface area contributed by atoms with Crippen LogP contribution < -0.4 is 4.74 Å². The van der Waals surface area contributed by atoms with E-state index >= 15 is 0 Å². The smallest absolute Gasteiger partial charge is 0.434 e. The minimum atomic E-state index is -4.71. The topological polar surface area (TPSA) is 78.9 Å². The van der Waals surface area contributed by atoms with Gasteiger partial charge < -0.3 is 9.26 Å². The van der Waals surface area contributed by atoms with Crippen molar-refractivity contribution in [3.8, 4) is 34.4 Å². The maximum absolute atomic E-state index is 13.7.